The molecule has 6 nitrogen and oxygen atoms in total. The summed E-state index contributed by atoms with van der Waals surface area (Å²) in [6.07, 6.45) is 88.7. The highest BCUT2D eigenvalue weighted by atomic mass is 16.5. The first-order chi connectivity index (χ1) is 40.0. The number of hydrogen-bond donors (Lipinski definition) is 3. The predicted molar refractivity (Wildman–Crippen MR) is 357 cm³/mol. The van der Waals surface area contributed by atoms with Gasteiger partial charge in [-0.25, -0.2) is 0 Å². The number of hydrogen-bond acceptors (Lipinski definition) is 5. The minimum absolute atomic E-state index is 0.0156. The molecule has 0 rings (SSSR count). The summed E-state index contributed by atoms with van der Waals surface area (Å²) >= 11 is 0. The minimum Gasteiger partial charge on any atom is -0.466 e. The highest BCUT2D eigenvalue weighted by Gasteiger charge is 2.20. The lowest BCUT2D eigenvalue weighted by atomic mass is 10.0. The van der Waals surface area contributed by atoms with E-state index in [-0.39, 0.29) is 18.5 Å². The molecule has 0 aromatic rings. The molecule has 0 aliphatic carbocycles. The molecule has 0 heterocycles. The van der Waals surface area contributed by atoms with Gasteiger partial charge in [0, 0.05) is 12.8 Å². The Kier molecular flexibility index (Phi) is 69.9. The monoisotopic (exact) mass is 1140 g/mol. The fraction of sp³-hybridized carbons (Fsp3) is 0.947. The number of nitrogens with one attached hydrogen (secondary N) is 1. The van der Waals surface area contributed by atoms with Crippen molar-refractivity contribution < 1.29 is 24.5 Å². The van der Waals surface area contributed by atoms with Crippen molar-refractivity contribution in [3.05, 3.63) is 12.2 Å². The molecule has 0 radical (unpaired) electrons. The maximum absolute atomic E-state index is 12.5. The molecule has 3 N–H and O–H groups in total. The normalized spacial score (nSPS) is 12.5. The smallest absolute Gasteiger partial charge is 0.305 e. The fourth-order valence-corrected chi connectivity index (χ4v) is 12.1. The Bertz CT molecular complexity index is 1220. The van der Waals surface area contributed by atoms with Gasteiger partial charge in [-0.1, -0.05) is 379 Å². The zero-order valence-corrected chi connectivity index (χ0v) is 55.3. The maximum atomic E-state index is 12.5. The second kappa shape index (κ2) is 71.1. The van der Waals surface area contributed by atoms with Crippen LogP contribution < -0.4 is 5.32 Å². The third-order valence-corrected chi connectivity index (χ3v) is 17.8. The molecule has 0 aliphatic rings. The second-order valence-electron chi connectivity index (χ2n) is 26.0. The Morgan fingerprint density at radius 3 is 0.877 bits per heavy atom. The Morgan fingerprint density at radius 2 is 0.580 bits per heavy atom. The third-order valence-electron chi connectivity index (χ3n) is 17.8. The van der Waals surface area contributed by atoms with E-state index in [1.807, 2.05) is 0 Å². The van der Waals surface area contributed by atoms with Crippen molar-refractivity contribution in [2.24, 2.45) is 0 Å². The van der Waals surface area contributed by atoms with E-state index >= 15 is 0 Å². The number of aliphatic hydroxyl groups excluding tert-OH is 2. The number of rotatable bonds is 71. The molecule has 2 atom stereocenters. The van der Waals surface area contributed by atoms with Gasteiger partial charge in [-0.05, 0) is 51.4 Å². The van der Waals surface area contributed by atoms with Crippen LogP contribution in [0.3, 0.4) is 0 Å². The van der Waals surface area contributed by atoms with E-state index in [0.29, 0.717) is 25.9 Å². The van der Waals surface area contributed by atoms with Gasteiger partial charge in [0.1, 0.15) is 0 Å². The van der Waals surface area contributed by atoms with Crippen LogP contribution in [-0.2, 0) is 14.3 Å². The molecule has 0 fully saturated rings. The van der Waals surface area contributed by atoms with Crippen LogP contribution in [0.2, 0.25) is 0 Å². The lowest BCUT2D eigenvalue weighted by Gasteiger charge is -2.22. The molecule has 6 heteroatoms. The summed E-state index contributed by atoms with van der Waals surface area (Å²) in [6, 6.07) is -0.536. The molecule has 482 valence electrons. The number of ether oxygens (including phenoxy) is 1. The number of unbranched alkanes of at least 4 members (excludes halogenated alkanes) is 58. The number of carbonyl (C=O) groups is 2. The van der Waals surface area contributed by atoms with Gasteiger partial charge in [-0.3, -0.25) is 9.59 Å². The van der Waals surface area contributed by atoms with Gasteiger partial charge >= 0.3 is 5.97 Å². The first-order valence-corrected chi connectivity index (χ1v) is 37.4. The molecule has 0 bridgehead atoms. The third kappa shape index (κ3) is 67.6. The molecule has 0 aromatic heterocycles. The largest absolute Gasteiger partial charge is 0.466 e. The molecule has 81 heavy (non-hydrogen) atoms. The van der Waals surface area contributed by atoms with E-state index in [4.69, 9.17) is 4.74 Å². The molecular formula is C75H147NO5. The quantitative estimate of drug-likeness (QED) is 0.0320. The second-order valence-corrected chi connectivity index (χ2v) is 26.0. The van der Waals surface area contributed by atoms with Crippen LogP contribution in [0.5, 0.6) is 0 Å². The number of carbonyl (C=O) groups excluding carboxylic acids is 2. The zero-order valence-electron chi connectivity index (χ0n) is 55.3. The van der Waals surface area contributed by atoms with Crippen molar-refractivity contribution in [1.29, 1.82) is 0 Å². The van der Waals surface area contributed by atoms with Crippen molar-refractivity contribution in [1.82, 2.24) is 5.32 Å². The van der Waals surface area contributed by atoms with Gasteiger partial charge in [0.05, 0.1) is 25.4 Å². The van der Waals surface area contributed by atoms with E-state index in [2.05, 4.69) is 31.3 Å². The Morgan fingerprint density at radius 1 is 0.333 bits per heavy atom. The van der Waals surface area contributed by atoms with E-state index in [0.717, 1.165) is 44.9 Å². The van der Waals surface area contributed by atoms with Crippen LogP contribution in [0.4, 0.5) is 0 Å². The molecule has 1 amide bonds. The van der Waals surface area contributed by atoms with Crippen molar-refractivity contribution in [3.63, 3.8) is 0 Å². The average Bonchev–Trinajstić information content (AvgIpc) is 3.47. The van der Waals surface area contributed by atoms with Crippen LogP contribution in [0.25, 0.3) is 0 Å². The van der Waals surface area contributed by atoms with Crippen LogP contribution in [-0.4, -0.2) is 47.4 Å². The molecular weight excluding hydrogens is 995 g/mol. The Hall–Kier alpha value is -1.40. The summed E-state index contributed by atoms with van der Waals surface area (Å²) in [5.41, 5.74) is 0. The van der Waals surface area contributed by atoms with Crippen molar-refractivity contribution >= 4 is 11.9 Å². The minimum atomic E-state index is -0.659. The molecule has 0 aromatic carbocycles. The molecule has 0 aliphatic heterocycles. The number of allylic oxidation sites excluding steroid dienone is 2. The van der Waals surface area contributed by atoms with E-state index < -0.39 is 12.1 Å². The lowest BCUT2D eigenvalue weighted by molar-refractivity contribution is -0.143. The van der Waals surface area contributed by atoms with E-state index in [1.165, 1.54) is 353 Å². The summed E-state index contributed by atoms with van der Waals surface area (Å²) in [7, 11) is 0. The molecule has 2 unspecified atom stereocenters. The number of aliphatic hydroxyl groups is 2. The van der Waals surface area contributed by atoms with Gasteiger partial charge in [0.2, 0.25) is 5.91 Å². The van der Waals surface area contributed by atoms with Gasteiger partial charge in [-0.15, -0.1) is 0 Å². The lowest BCUT2D eigenvalue weighted by Crippen LogP contribution is -2.45. The highest BCUT2D eigenvalue weighted by Crippen LogP contribution is 2.20. The van der Waals surface area contributed by atoms with Crippen LogP contribution in [0.15, 0.2) is 12.2 Å². The maximum Gasteiger partial charge on any atom is 0.305 e. The molecule has 0 saturated heterocycles. The summed E-state index contributed by atoms with van der Waals surface area (Å²) in [6.45, 7) is 4.99. The van der Waals surface area contributed by atoms with Crippen LogP contribution >= 0.6 is 0 Å². The first-order valence-electron chi connectivity index (χ1n) is 37.4. The topological polar surface area (TPSA) is 95.9 Å². The summed E-state index contributed by atoms with van der Waals surface area (Å²) < 4.78 is 5.50. The fourth-order valence-electron chi connectivity index (χ4n) is 12.1. The van der Waals surface area contributed by atoms with Crippen molar-refractivity contribution in [2.75, 3.05) is 13.2 Å². The first kappa shape index (κ1) is 79.6. The van der Waals surface area contributed by atoms with Crippen molar-refractivity contribution in [2.45, 2.75) is 443 Å². The Labute approximate surface area is 508 Å². The number of amides is 1. The summed E-state index contributed by atoms with van der Waals surface area (Å²) in [4.78, 5) is 24.6. The number of esters is 1. The highest BCUT2D eigenvalue weighted by molar-refractivity contribution is 5.76. The van der Waals surface area contributed by atoms with E-state index in [9.17, 15) is 19.8 Å². The zero-order chi connectivity index (χ0) is 58.5. The van der Waals surface area contributed by atoms with Crippen molar-refractivity contribution in [3.8, 4) is 0 Å². The van der Waals surface area contributed by atoms with Crippen LogP contribution in [0.1, 0.15) is 431 Å². The Balaban J connectivity index is 3.29. The SMILES string of the molecule is CCCCCCCC/C=C\CCCCCCCC(=O)OCCCCCCCCCCCCCCCCCCCCCCCCCCCCCCCCCCCCCC(=O)NC(CO)C(O)CCCCCCCCCCCCCCCC. The average molecular weight is 1140 g/mol. The van der Waals surface area contributed by atoms with Crippen LogP contribution in [0, 0.1) is 0 Å². The van der Waals surface area contributed by atoms with Gasteiger partial charge in [-0.2, -0.15) is 0 Å². The summed E-state index contributed by atoms with van der Waals surface area (Å²) in [5.74, 6) is -0.0109. The summed E-state index contributed by atoms with van der Waals surface area (Å²) in [5, 5.41) is 23.3. The van der Waals surface area contributed by atoms with E-state index in [1.54, 1.807) is 0 Å². The van der Waals surface area contributed by atoms with Gasteiger partial charge in [0.15, 0.2) is 0 Å². The predicted octanol–water partition coefficient (Wildman–Crippen LogP) is 24.3. The van der Waals surface area contributed by atoms with Gasteiger partial charge in [0.25, 0.3) is 0 Å². The molecule has 0 saturated carbocycles. The standard InChI is InChI=1S/C75H147NO5/c1-3-5-7-9-11-13-15-17-40-45-49-53-57-61-65-69-75(80)81-70-66-62-58-54-50-46-42-39-37-35-33-31-29-27-25-23-21-19-20-22-24-26-28-30-32-34-36-38-41-44-48-52-56-60-64-68-74(79)76-72(71-77)73(78)67-63-59-55-51-47-43-18-16-14-12-10-8-6-4-2/h17,40,72-73,77-78H,3-16,18-39,41-71H2,1-2H3,(H,76,79)/b40-17-. The van der Waals surface area contributed by atoms with Gasteiger partial charge < -0.3 is 20.3 Å². The molecule has 0 spiro atoms.